The molecule has 0 aromatic heterocycles. The fraction of sp³-hybridized carbons (Fsp3) is 0.964. The maximum absolute atomic E-state index is 12.9. The molecule has 2 N–H and O–H groups in total. The summed E-state index contributed by atoms with van der Waals surface area (Å²) in [5.74, 6) is 0.614. The van der Waals surface area contributed by atoms with Crippen molar-refractivity contribution in [2.45, 2.75) is 271 Å². The molecular formula is C55H109N3O6. The van der Waals surface area contributed by atoms with E-state index in [9.17, 15) is 14.7 Å². The standard InChI is InChI=1S/C55H109N3O6/c1-5-8-11-14-17-18-19-25-35-46-63-54(60)39-30-26-34-44-58(48-52(59)36-31-32-42-56-50-62-49-51-41-45-57(4)47-51)43-33-24-20-23-29-40-55(61)64-53(37-27-21-15-12-9-6-2)38-28-22-16-13-10-7-3/h51-53,56,59H,5-50H2,1-4H3/t51-,52?/m0/s1. The number of unbranched alkanes of at least 4 members (excludes halogenated alkanes) is 25. The van der Waals surface area contributed by atoms with Gasteiger partial charge in [0.05, 0.1) is 26.0 Å². The lowest BCUT2D eigenvalue weighted by molar-refractivity contribution is -0.150. The van der Waals surface area contributed by atoms with Crippen LogP contribution in [0.1, 0.15) is 258 Å². The van der Waals surface area contributed by atoms with Gasteiger partial charge in [0.1, 0.15) is 6.10 Å². The zero-order chi connectivity index (χ0) is 46.4. The molecule has 1 unspecified atom stereocenters. The van der Waals surface area contributed by atoms with Gasteiger partial charge in [-0.1, -0.05) is 162 Å². The highest BCUT2D eigenvalue weighted by molar-refractivity contribution is 5.69. The number of hydrogen-bond acceptors (Lipinski definition) is 9. The third-order valence-electron chi connectivity index (χ3n) is 13.4. The highest BCUT2D eigenvalue weighted by Gasteiger charge is 2.19. The Kier molecular flexibility index (Phi) is 44.5. The van der Waals surface area contributed by atoms with Crippen LogP contribution in [0, 0.1) is 5.92 Å². The summed E-state index contributed by atoms with van der Waals surface area (Å²) in [7, 11) is 2.18. The largest absolute Gasteiger partial charge is 0.466 e. The van der Waals surface area contributed by atoms with Crippen LogP contribution in [-0.4, -0.2) is 105 Å². The van der Waals surface area contributed by atoms with Crippen molar-refractivity contribution < 1.29 is 28.9 Å². The Hall–Kier alpha value is -1.26. The summed E-state index contributed by atoms with van der Waals surface area (Å²) in [6.45, 7) is 14.7. The summed E-state index contributed by atoms with van der Waals surface area (Å²) in [6.07, 6.45) is 41.8. The van der Waals surface area contributed by atoms with Gasteiger partial charge in [-0.2, -0.15) is 0 Å². The highest BCUT2D eigenvalue weighted by atomic mass is 16.5. The van der Waals surface area contributed by atoms with E-state index in [-0.39, 0.29) is 24.1 Å². The van der Waals surface area contributed by atoms with E-state index in [0.717, 1.165) is 129 Å². The molecular weight excluding hydrogens is 799 g/mol. The van der Waals surface area contributed by atoms with Gasteiger partial charge in [0.15, 0.2) is 0 Å². The molecule has 1 rings (SSSR count). The molecule has 1 fully saturated rings. The second-order valence-corrected chi connectivity index (χ2v) is 20.0. The molecule has 0 aromatic carbocycles. The lowest BCUT2D eigenvalue weighted by atomic mass is 10.0. The Balaban J connectivity index is 2.37. The summed E-state index contributed by atoms with van der Waals surface area (Å²) < 4.78 is 17.5. The van der Waals surface area contributed by atoms with Gasteiger partial charge in [-0.3, -0.25) is 14.9 Å². The predicted molar refractivity (Wildman–Crippen MR) is 271 cm³/mol. The molecule has 0 aromatic rings. The third kappa shape index (κ3) is 41.0. The lowest BCUT2D eigenvalue weighted by Crippen LogP contribution is -2.34. The van der Waals surface area contributed by atoms with E-state index in [1.165, 1.54) is 135 Å². The first kappa shape index (κ1) is 60.8. The van der Waals surface area contributed by atoms with Crippen LogP contribution < -0.4 is 5.32 Å². The number of esters is 2. The van der Waals surface area contributed by atoms with Crippen molar-refractivity contribution in [3.63, 3.8) is 0 Å². The quantitative estimate of drug-likeness (QED) is 0.0351. The third-order valence-corrected chi connectivity index (χ3v) is 13.4. The van der Waals surface area contributed by atoms with E-state index in [2.05, 4.69) is 42.9 Å². The number of rotatable bonds is 50. The molecule has 1 aliphatic rings. The fourth-order valence-corrected chi connectivity index (χ4v) is 9.25. The lowest BCUT2D eigenvalue weighted by Gasteiger charge is -2.25. The normalized spacial score (nSPS) is 14.9. The van der Waals surface area contributed by atoms with Crippen LogP contribution in [0.25, 0.3) is 0 Å². The molecule has 1 heterocycles. The Morgan fingerprint density at radius 1 is 0.609 bits per heavy atom. The van der Waals surface area contributed by atoms with Gasteiger partial charge in [-0.15, -0.1) is 0 Å². The van der Waals surface area contributed by atoms with Gasteiger partial charge in [0.25, 0.3) is 0 Å². The summed E-state index contributed by atoms with van der Waals surface area (Å²) >= 11 is 0. The minimum absolute atomic E-state index is 0.00540. The van der Waals surface area contributed by atoms with Crippen LogP contribution in [0.2, 0.25) is 0 Å². The Bertz CT molecular complexity index is 987. The summed E-state index contributed by atoms with van der Waals surface area (Å²) in [4.78, 5) is 30.1. The molecule has 0 spiro atoms. The number of ether oxygens (including phenoxy) is 3. The second-order valence-electron chi connectivity index (χ2n) is 20.0. The van der Waals surface area contributed by atoms with Gasteiger partial charge < -0.3 is 29.1 Å². The topological polar surface area (TPSA) is 101 Å². The molecule has 0 saturated carbocycles. The number of nitrogens with one attached hydrogen (secondary N) is 1. The number of carbonyl (C=O) groups is 2. The number of aliphatic hydroxyl groups is 1. The van der Waals surface area contributed by atoms with E-state index in [4.69, 9.17) is 14.2 Å². The average Bonchev–Trinajstić information content (AvgIpc) is 3.71. The fourth-order valence-electron chi connectivity index (χ4n) is 9.25. The average molecular weight is 908 g/mol. The molecule has 2 atom stereocenters. The highest BCUT2D eigenvalue weighted by Crippen LogP contribution is 2.19. The van der Waals surface area contributed by atoms with Crippen molar-refractivity contribution in [3.8, 4) is 0 Å². The van der Waals surface area contributed by atoms with E-state index < -0.39 is 0 Å². The number of carbonyl (C=O) groups excluding carboxylic acids is 2. The molecule has 1 aliphatic heterocycles. The van der Waals surface area contributed by atoms with Crippen molar-refractivity contribution in [1.82, 2.24) is 15.1 Å². The first-order valence-electron chi connectivity index (χ1n) is 28.1. The molecule has 0 amide bonds. The van der Waals surface area contributed by atoms with Gasteiger partial charge in [-0.05, 0) is 123 Å². The van der Waals surface area contributed by atoms with Crippen molar-refractivity contribution in [2.75, 3.05) is 66.3 Å². The van der Waals surface area contributed by atoms with E-state index in [0.29, 0.717) is 38.6 Å². The van der Waals surface area contributed by atoms with Gasteiger partial charge in [0, 0.05) is 25.9 Å². The van der Waals surface area contributed by atoms with Crippen molar-refractivity contribution in [1.29, 1.82) is 0 Å². The van der Waals surface area contributed by atoms with Crippen molar-refractivity contribution >= 4 is 11.9 Å². The molecule has 0 aliphatic carbocycles. The first-order chi connectivity index (χ1) is 31.4. The molecule has 64 heavy (non-hydrogen) atoms. The van der Waals surface area contributed by atoms with Crippen molar-refractivity contribution in [3.05, 3.63) is 0 Å². The van der Waals surface area contributed by atoms with Crippen LogP contribution in [0.3, 0.4) is 0 Å². The smallest absolute Gasteiger partial charge is 0.306 e. The summed E-state index contributed by atoms with van der Waals surface area (Å²) in [5, 5.41) is 14.5. The van der Waals surface area contributed by atoms with E-state index in [1.54, 1.807) is 0 Å². The van der Waals surface area contributed by atoms with E-state index in [1.807, 2.05) is 0 Å². The monoisotopic (exact) mass is 908 g/mol. The zero-order valence-electron chi connectivity index (χ0n) is 43.1. The molecule has 0 bridgehead atoms. The summed E-state index contributed by atoms with van der Waals surface area (Å²) in [5.41, 5.74) is 0. The zero-order valence-corrected chi connectivity index (χ0v) is 43.1. The molecule has 0 radical (unpaired) electrons. The number of nitrogens with zero attached hydrogens (tertiary/aromatic N) is 2. The van der Waals surface area contributed by atoms with Crippen LogP contribution in [-0.2, 0) is 23.8 Å². The number of hydrogen-bond donors (Lipinski definition) is 2. The molecule has 1 saturated heterocycles. The van der Waals surface area contributed by atoms with E-state index >= 15 is 0 Å². The van der Waals surface area contributed by atoms with Crippen LogP contribution >= 0.6 is 0 Å². The summed E-state index contributed by atoms with van der Waals surface area (Å²) in [6, 6.07) is 0. The Morgan fingerprint density at radius 3 is 1.66 bits per heavy atom. The van der Waals surface area contributed by atoms with Crippen molar-refractivity contribution in [2.24, 2.45) is 5.92 Å². The number of aliphatic hydroxyl groups excluding tert-OH is 1. The van der Waals surface area contributed by atoms with Gasteiger partial charge in [0.2, 0.25) is 0 Å². The predicted octanol–water partition coefficient (Wildman–Crippen LogP) is 13.7. The SMILES string of the molecule is CCCCCCCCCCCOC(=O)CCCCCN(CCCCCCCC(=O)OC(CCCCCCCC)CCCCCCCC)CC(O)CCCCNCOC[C@H]1CCN(C)C1. The Labute approximate surface area is 397 Å². The maximum Gasteiger partial charge on any atom is 0.306 e. The molecule has 9 heteroatoms. The van der Waals surface area contributed by atoms with Crippen LogP contribution in [0.15, 0.2) is 0 Å². The Morgan fingerprint density at radius 2 is 1.09 bits per heavy atom. The first-order valence-corrected chi connectivity index (χ1v) is 28.1. The minimum Gasteiger partial charge on any atom is -0.466 e. The minimum atomic E-state index is -0.330. The van der Waals surface area contributed by atoms with Gasteiger partial charge in [-0.25, -0.2) is 0 Å². The maximum atomic E-state index is 12.9. The number of likely N-dealkylation sites (tertiary alicyclic amines) is 1. The van der Waals surface area contributed by atoms with Crippen LogP contribution in [0.5, 0.6) is 0 Å². The molecule has 380 valence electrons. The molecule has 9 nitrogen and oxygen atoms in total. The van der Waals surface area contributed by atoms with Gasteiger partial charge >= 0.3 is 11.9 Å². The second kappa shape index (κ2) is 46.8. The van der Waals surface area contributed by atoms with Crippen LogP contribution in [0.4, 0.5) is 0 Å².